The molecule has 0 aliphatic heterocycles. The van der Waals surface area contributed by atoms with Gasteiger partial charge in [-0.25, -0.2) is 0 Å². The molecule has 0 bridgehead atoms. The van der Waals surface area contributed by atoms with Crippen molar-refractivity contribution in [3.63, 3.8) is 0 Å². The molecule has 0 saturated heterocycles. The first-order valence-electron chi connectivity index (χ1n) is 6.56. The third-order valence-corrected chi connectivity index (χ3v) is 2.77. The lowest BCUT2D eigenvalue weighted by molar-refractivity contribution is -0.156. The zero-order chi connectivity index (χ0) is 13.7. The van der Waals surface area contributed by atoms with E-state index in [1.165, 1.54) is 0 Å². The second-order valence-corrected chi connectivity index (χ2v) is 6.59. The highest BCUT2D eigenvalue weighted by atomic mass is 16.6. The molecule has 0 aromatic heterocycles. The second-order valence-electron chi connectivity index (χ2n) is 6.59. The van der Waals surface area contributed by atoms with E-state index in [9.17, 15) is 4.79 Å². The average Bonchev–Trinajstić information content (AvgIpc) is 2.11. The molecule has 0 heterocycles. The summed E-state index contributed by atoms with van der Waals surface area (Å²) in [7, 11) is 0. The minimum atomic E-state index is -0.495. The predicted octanol–water partition coefficient (Wildman–Crippen LogP) is 3.26. The fourth-order valence-corrected chi connectivity index (χ4v) is 1.84. The van der Waals surface area contributed by atoms with E-state index in [0.717, 1.165) is 19.3 Å². The third-order valence-electron chi connectivity index (χ3n) is 2.77. The third kappa shape index (κ3) is 8.19. The molecule has 0 aliphatic rings. The van der Waals surface area contributed by atoms with E-state index in [0.29, 0.717) is 6.42 Å². The smallest absolute Gasteiger partial charge is 0.323 e. The Hall–Kier alpha value is -0.570. The lowest BCUT2D eigenvalue weighted by Gasteiger charge is -2.26. The number of rotatable bonds is 6. The number of ether oxygens (including phenoxy) is 1. The SMILES string of the molecule is CCCC(C)(C)CCC(N)C(=O)OC(C)(C)C. The molecule has 0 aromatic rings. The van der Waals surface area contributed by atoms with Gasteiger partial charge in [0.15, 0.2) is 0 Å². The van der Waals surface area contributed by atoms with Gasteiger partial charge < -0.3 is 10.5 Å². The van der Waals surface area contributed by atoms with Crippen LogP contribution in [0.1, 0.15) is 67.2 Å². The molecule has 0 spiro atoms. The van der Waals surface area contributed by atoms with Gasteiger partial charge in [-0.05, 0) is 45.4 Å². The normalized spacial score (nSPS) is 14.5. The van der Waals surface area contributed by atoms with E-state index in [-0.39, 0.29) is 11.4 Å². The molecule has 3 nitrogen and oxygen atoms in total. The monoisotopic (exact) mass is 243 g/mol. The van der Waals surface area contributed by atoms with Gasteiger partial charge in [-0.3, -0.25) is 4.79 Å². The number of esters is 1. The van der Waals surface area contributed by atoms with Gasteiger partial charge >= 0.3 is 5.97 Å². The fraction of sp³-hybridized carbons (Fsp3) is 0.929. The molecule has 3 heteroatoms. The van der Waals surface area contributed by atoms with Crippen LogP contribution < -0.4 is 5.73 Å². The van der Waals surface area contributed by atoms with Crippen LogP contribution in [0.2, 0.25) is 0 Å². The van der Waals surface area contributed by atoms with Crippen molar-refractivity contribution in [3.05, 3.63) is 0 Å². The molecule has 0 saturated carbocycles. The van der Waals surface area contributed by atoms with E-state index in [4.69, 9.17) is 10.5 Å². The molecule has 0 aromatic carbocycles. The molecule has 1 atom stereocenters. The largest absolute Gasteiger partial charge is 0.459 e. The standard InChI is InChI=1S/C14H29NO2/c1-7-9-14(5,6)10-8-11(15)12(16)17-13(2,3)4/h11H,7-10,15H2,1-6H3. The van der Waals surface area contributed by atoms with Crippen molar-refractivity contribution < 1.29 is 9.53 Å². The van der Waals surface area contributed by atoms with Crippen LogP contribution in [0.5, 0.6) is 0 Å². The lowest BCUT2D eigenvalue weighted by atomic mass is 9.82. The fourth-order valence-electron chi connectivity index (χ4n) is 1.84. The Morgan fingerprint density at radius 2 is 1.71 bits per heavy atom. The van der Waals surface area contributed by atoms with Gasteiger partial charge in [0.25, 0.3) is 0 Å². The molecule has 102 valence electrons. The molecule has 0 rings (SSSR count). The van der Waals surface area contributed by atoms with Crippen molar-refractivity contribution >= 4 is 5.97 Å². The summed E-state index contributed by atoms with van der Waals surface area (Å²) in [4.78, 5) is 11.7. The summed E-state index contributed by atoms with van der Waals surface area (Å²) in [6.45, 7) is 12.2. The van der Waals surface area contributed by atoms with Gasteiger partial charge in [-0.1, -0.05) is 27.2 Å². The highest BCUT2D eigenvalue weighted by molar-refractivity contribution is 5.75. The summed E-state index contributed by atoms with van der Waals surface area (Å²) in [6.07, 6.45) is 3.98. The van der Waals surface area contributed by atoms with Crippen LogP contribution in [0, 0.1) is 5.41 Å². The summed E-state index contributed by atoms with van der Waals surface area (Å²) >= 11 is 0. The van der Waals surface area contributed by atoms with Crippen LogP contribution >= 0.6 is 0 Å². The Kier molecular flexibility index (Phi) is 6.17. The molecule has 0 amide bonds. The Morgan fingerprint density at radius 1 is 1.18 bits per heavy atom. The molecule has 0 radical (unpaired) electrons. The summed E-state index contributed by atoms with van der Waals surface area (Å²) in [6, 6.07) is -0.495. The van der Waals surface area contributed by atoms with Crippen molar-refractivity contribution in [2.75, 3.05) is 0 Å². The number of nitrogens with two attached hydrogens (primary N) is 1. The lowest BCUT2D eigenvalue weighted by Crippen LogP contribution is -2.38. The topological polar surface area (TPSA) is 52.3 Å². The first-order chi connectivity index (χ1) is 7.57. The molecule has 2 N–H and O–H groups in total. The maximum Gasteiger partial charge on any atom is 0.323 e. The molecule has 0 fully saturated rings. The minimum Gasteiger partial charge on any atom is -0.459 e. The maximum absolute atomic E-state index is 11.7. The van der Waals surface area contributed by atoms with Gasteiger partial charge in [-0.2, -0.15) is 0 Å². The van der Waals surface area contributed by atoms with Gasteiger partial charge in [0.2, 0.25) is 0 Å². The van der Waals surface area contributed by atoms with Crippen LogP contribution in [0.4, 0.5) is 0 Å². The summed E-state index contributed by atoms with van der Waals surface area (Å²) in [5.41, 5.74) is 5.66. The maximum atomic E-state index is 11.7. The summed E-state index contributed by atoms with van der Waals surface area (Å²) in [5, 5.41) is 0. The molecule has 1 unspecified atom stereocenters. The molecule has 0 aliphatic carbocycles. The van der Waals surface area contributed by atoms with E-state index >= 15 is 0 Å². The Labute approximate surface area is 106 Å². The van der Waals surface area contributed by atoms with Crippen LogP contribution in [0.25, 0.3) is 0 Å². The minimum absolute atomic E-state index is 0.258. The highest BCUT2D eigenvalue weighted by Crippen LogP contribution is 2.28. The van der Waals surface area contributed by atoms with Crippen LogP contribution in [0.15, 0.2) is 0 Å². The summed E-state index contributed by atoms with van der Waals surface area (Å²) in [5.74, 6) is -0.287. The number of carbonyl (C=O) groups is 1. The predicted molar refractivity (Wildman–Crippen MR) is 71.7 cm³/mol. The Balaban J connectivity index is 4.10. The van der Waals surface area contributed by atoms with E-state index in [2.05, 4.69) is 20.8 Å². The van der Waals surface area contributed by atoms with Gasteiger partial charge in [0.05, 0.1) is 0 Å². The Morgan fingerprint density at radius 3 is 2.12 bits per heavy atom. The zero-order valence-electron chi connectivity index (χ0n) is 12.3. The van der Waals surface area contributed by atoms with Gasteiger partial charge in [-0.15, -0.1) is 0 Å². The van der Waals surface area contributed by atoms with E-state index in [1.807, 2.05) is 20.8 Å². The van der Waals surface area contributed by atoms with Gasteiger partial charge in [0.1, 0.15) is 11.6 Å². The van der Waals surface area contributed by atoms with Crippen molar-refractivity contribution in [2.45, 2.75) is 78.9 Å². The highest BCUT2D eigenvalue weighted by Gasteiger charge is 2.24. The van der Waals surface area contributed by atoms with Crippen molar-refractivity contribution in [1.29, 1.82) is 0 Å². The van der Waals surface area contributed by atoms with Crippen molar-refractivity contribution in [2.24, 2.45) is 11.1 Å². The molecule has 17 heavy (non-hydrogen) atoms. The summed E-state index contributed by atoms with van der Waals surface area (Å²) < 4.78 is 5.26. The van der Waals surface area contributed by atoms with Crippen molar-refractivity contribution in [3.8, 4) is 0 Å². The Bertz CT molecular complexity index is 241. The zero-order valence-corrected chi connectivity index (χ0v) is 12.3. The van der Waals surface area contributed by atoms with Crippen molar-refractivity contribution in [1.82, 2.24) is 0 Å². The number of hydrogen-bond acceptors (Lipinski definition) is 3. The average molecular weight is 243 g/mol. The second kappa shape index (κ2) is 6.39. The quantitative estimate of drug-likeness (QED) is 0.728. The van der Waals surface area contributed by atoms with E-state index in [1.54, 1.807) is 0 Å². The van der Waals surface area contributed by atoms with Crippen LogP contribution in [-0.4, -0.2) is 17.6 Å². The molecular weight excluding hydrogens is 214 g/mol. The number of carbonyl (C=O) groups excluding carboxylic acids is 1. The first kappa shape index (κ1) is 16.4. The molecular formula is C14H29NO2. The van der Waals surface area contributed by atoms with Gasteiger partial charge in [0, 0.05) is 0 Å². The number of hydrogen-bond donors (Lipinski definition) is 1. The van der Waals surface area contributed by atoms with Crippen LogP contribution in [-0.2, 0) is 9.53 Å². The first-order valence-corrected chi connectivity index (χ1v) is 6.56. The van der Waals surface area contributed by atoms with Crippen LogP contribution in [0.3, 0.4) is 0 Å². The van der Waals surface area contributed by atoms with E-state index < -0.39 is 11.6 Å².